The fourth-order valence-corrected chi connectivity index (χ4v) is 4.58. The molecule has 136 valence electrons. The summed E-state index contributed by atoms with van der Waals surface area (Å²) < 4.78 is 0. The molecular weight excluding hydrogens is 326 g/mol. The third kappa shape index (κ3) is 3.36. The maximum Gasteiger partial charge on any atom is 0.307 e. The van der Waals surface area contributed by atoms with Crippen LogP contribution in [0.4, 0.5) is 0 Å². The summed E-state index contributed by atoms with van der Waals surface area (Å²) in [5, 5.41) is 8.90. The third-order valence-electron chi connectivity index (χ3n) is 5.80. The van der Waals surface area contributed by atoms with E-state index in [0.29, 0.717) is 0 Å². The number of benzene rings is 1. The Morgan fingerprint density at radius 3 is 2.77 bits per heavy atom. The van der Waals surface area contributed by atoms with Crippen molar-refractivity contribution in [3.05, 3.63) is 58.7 Å². The van der Waals surface area contributed by atoms with Gasteiger partial charge in [0.1, 0.15) is 5.82 Å². The highest BCUT2D eigenvalue weighted by Gasteiger charge is 2.43. The molecule has 1 fully saturated rings. The molecule has 1 unspecified atom stereocenters. The number of rotatable bonds is 4. The van der Waals surface area contributed by atoms with Crippen LogP contribution in [0, 0.1) is 6.92 Å². The summed E-state index contributed by atoms with van der Waals surface area (Å²) in [6.07, 6.45) is 6.78. The Labute approximate surface area is 154 Å². The van der Waals surface area contributed by atoms with Gasteiger partial charge < -0.3 is 5.11 Å². The van der Waals surface area contributed by atoms with Crippen LogP contribution in [0.2, 0.25) is 0 Å². The molecule has 1 saturated heterocycles. The highest BCUT2D eigenvalue weighted by atomic mass is 16.4. The molecule has 1 aromatic heterocycles. The minimum Gasteiger partial charge on any atom is -0.481 e. The smallest absolute Gasteiger partial charge is 0.307 e. The van der Waals surface area contributed by atoms with E-state index in [9.17, 15) is 4.79 Å². The molecule has 1 N–H and O–H groups in total. The van der Waals surface area contributed by atoms with E-state index in [1.807, 2.05) is 25.3 Å². The maximum absolute atomic E-state index is 10.8. The van der Waals surface area contributed by atoms with Gasteiger partial charge in [-0.25, -0.2) is 9.97 Å². The SMILES string of the molecule is Cc1ncc2c(n1)C1(CCCN(Cc3ccc(CC(=O)O)cc3)C1)CC2. The van der Waals surface area contributed by atoms with Gasteiger partial charge in [0.25, 0.3) is 0 Å². The second kappa shape index (κ2) is 6.80. The summed E-state index contributed by atoms with van der Waals surface area (Å²) in [4.78, 5) is 22.5. The van der Waals surface area contributed by atoms with Crippen LogP contribution in [0.5, 0.6) is 0 Å². The van der Waals surface area contributed by atoms with Crippen molar-refractivity contribution in [1.82, 2.24) is 14.9 Å². The average molecular weight is 351 g/mol. The van der Waals surface area contributed by atoms with Gasteiger partial charge >= 0.3 is 5.97 Å². The number of hydrogen-bond acceptors (Lipinski definition) is 4. The molecule has 5 heteroatoms. The second-order valence-corrected chi connectivity index (χ2v) is 7.77. The van der Waals surface area contributed by atoms with E-state index in [1.165, 1.54) is 36.1 Å². The first-order valence-corrected chi connectivity index (χ1v) is 9.39. The molecule has 0 saturated carbocycles. The molecule has 2 heterocycles. The van der Waals surface area contributed by atoms with Crippen molar-refractivity contribution in [2.45, 2.75) is 51.0 Å². The van der Waals surface area contributed by atoms with Gasteiger partial charge in [0.05, 0.1) is 12.1 Å². The lowest BCUT2D eigenvalue weighted by atomic mass is 9.77. The van der Waals surface area contributed by atoms with Crippen LogP contribution < -0.4 is 0 Å². The first-order chi connectivity index (χ1) is 12.5. The zero-order valence-corrected chi connectivity index (χ0v) is 15.2. The lowest BCUT2D eigenvalue weighted by Gasteiger charge is -2.40. The number of nitrogens with zero attached hydrogens (tertiary/aromatic N) is 3. The van der Waals surface area contributed by atoms with E-state index in [-0.39, 0.29) is 11.8 Å². The summed E-state index contributed by atoms with van der Waals surface area (Å²) in [5.74, 6) is 0.0871. The number of aromatic nitrogens is 2. The van der Waals surface area contributed by atoms with Gasteiger partial charge in [0.2, 0.25) is 0 Å². The topological polar surface area (TPSA) is 66.3 Å². The quantitative estimate of drug-likeness (QED) is 0.917. The predicted octanol–water partition coefficient (Wildman–Crippen LogP) is 2.89. The standard InChI is InChI=1S/C21H25N3O2/c1-15-22-12-18-7-9-21(20(18)23-15)8-2-10-24(14-21)13-17-5-3-16(4-6-17)11-19(25)26/h3-6,12H,2,7-11,13-14H2,1H3,(H,25,26). The highest BCUT2D eigenvalue weighted by Crippen LogP contribution is 2.44. The summed E-state index contributed by atoms with van der Waals surface area (Å²) >= 11 is 0. The van der Waals surface area contributed by atoms with Gasteiger partial charge in [-0.1, -0.05) is 24.3 Å². The Morgan fingerprint density at radius 2 is 2.00 bits per heavy atom. The molecule has 2 aromatic rings. The number of carboxylic acid groups (broad SMARTS) is 1. The van der Waals surface area contributed by atoms with Crippen molar-refractivity contribution in [3.8, 4) is 0 Å². The Kier molecular flexibility index (Phi) is 4.49. The second-order valence-electron chi connectivity index (χ2n) is 7.77. The molecule has 0 amide bonds. The number of hydrogen-bond donors (Lipinski definition) is 1. The zero-order chi connectivity index (χ0) is 18.1. The molecule has 1 aromatic carbocycles. The Morgan fingerprint density at radius 1 is 1.23 bits per heavy atom. The van der Waals surface area contributed by atoms with Crippen LogP contribution in [0.1, 0.15) is 47.5 Å². The van der Waals surface area contributed by atoms with E-state index in [1.54, 1.807) is 0 Å². The fraction of sp³-hybridized carbons (Fsp3) is 0.476. The molecule has 4 rings (SSSR count). The number of fused-ring (bicyclic) bond motifs is 2. The fourth-order valence-electron chi connectivity index (χ4n) is 4.58. The number of piperidine rings is 1. The molecule has 1 aliphatic carbocycles. The van der Waals surface area contributed by atoms with Crippen LogP contribution >= 0.6 is 0 Å². The lowest BCUT2D eigenvalue weighted by molar-refractivity contribution is -0.136. The van der Waals surface area contributed by atoms with E-state index < -0.39 is 5.97 Å². The van der Waals surface area contributed by atoms with Crippen LogP contribution in [0.25, 0.3) is 0 Å². The van der Waals surface area contributed by atoms with Crippen molar-refractivity contribution in [1.29, 1.82) is 0 Å². The summed E-state index contributed by atoms with van der Waals surface area (Å²) in [7, 11) is 0. The van der Waals surface area contributed by atoms with Crippen LogP contribution in [0.15, 0.2) is 30.5 Å². The van der Waals surface area contributed by atoms with E-state index in [2.05, 4.69) is 22.0 Å². The number of aryl methyl sites for hydroxylation is 2. The van der Waals surface area contributed by atoms with Crippen LogP contribution in [-0.2, 0) is 29.6 Å². The molecule has 26 heavy (non-hydrogen) atoms. The van der Waals surface area contributed by atoms with Crippen molar-refractivity contribution >= 4 is 5.97 Å². The van der Waals surface area contributed by atoms with Gasteiger partial charge in [-0.05, 0) is 55.8 Å². The van der Waals surface area contributed by atoms with Crippen molar-refractivity contribution < 1.29 is 9.90 Å². The highest BCUT2D eigenvalue weighted by molar-refractivity contribution is 5.70. The molecule has 2 aliphatic rings. The molecule has 0 radical (unpaired) electrons. The number of aliphatic carboxylic acids is 1. The lowest BCUT2D eigenvalue weighted by Crippen LogP contribution is -2.45. The molecule has 0 bridgehead atoms. The largest absolute Gasteiger partial charge is 0.481 e. The summed E-state index contributed by atoms with van der Waals surface area (Å²) in [5.41, 5.74) is 4.90. The molecule has 1 spiro atoms. The van der Waals surface area contributed by atoms with Gasteiger partial charge in [-0.2, -0.15) is 0 Å². The number of carboxylic acids is 1. The van der Waals surface area contributed by atoms with Gasteiger partial charge in [-0.15, -0.1) is 0 Å². The normalized spacial score (nSPS) is 22.5. The average Bonchev–Trinajstić information content (AvgIpc) is 2.94. The van der Waals surface area contributed by atoms with Gasteiger partial charge in [0.15, 0.2) is 0 Å². The number of carbonyl (C=O) groups is 1. The first-order valence-electron chi connectivity index (χ1n) is 9.39. The molecule has 5 nitrogen and oxygen atoms in total. The van der Waals surface area contributed by atoms with E-state index in [4.69, 9.17) is 10.1 Å². The molecule has 1 aliphatic heterocycles. The molecular formula is C21H25N3O2. The zero-order valence-electron chi connectivity index (χ0n) is 15.2. The minimum absolute atomic E-state index is 0.0863. The maximum atomic E-state index is 10.8. The third-order valence-corrected chi connectivity index (χ3v) is 5.80. The minimum atomic E-state index is -0.784. The van der Waals surface area contributed by atoms with Crippen molar-refractivity contribution in [2.24, 2.45) is 0 Å². The Hall–Kier alpha value is -2.27. The molecule has 1 atom stereocenters. The summed E-state index contributed by atoms with van der Waals surface area (Å²) in [6.45, 7) is 5.05. The van der Waals surface area contributed by atoms with Crippen molar-refractivity contribution in [3.63, 3.8) is 0 Å². The van der Waals surface area contributed by atoms with E-state index >= 15 is 0 Å². The van der Waals surface area contributed by atoms with Crippen LogP contribution in [0.3, 0.4) is 0 Å². The van der Waals surface area contributed by atoms with Crippen LogP contribution in [-0.4, -0.2) is 39.0 Å². The number of likely N-dealkylation sites (tertiary alicyclic amines) is 1. The van der Waals surface area contributed by atoms with Gasteiger partial charge in [-0.3, -0.25) is 9.69 Å². The summed E-state index contributed by atoms with van der Waals surface area (Å²) in [6, 6.07) is 8.00. The predicted molar refractivity (Wildman–Crippen MR) is 99.1 cm³/mol. The van der Waals surface area contributed by atoms with E-state index in [0.717, 1.165) is 37.4 Å². The van der Waals surface area contributed by atoms with Crippen molar-refractivity contribution in [2.75, 3.05) is 13.1 Å². The first kappa shape index (κ1) is 17.2. The monoisotopic (exact) mass is 351 g/mol. The Bertz CT molecular complexity index is 815. The Balaban J connectivity index is 1.48. The van der Waals surface area contributed by atoms with Gasteiger partial charge in [0, 0.05) is 24.7 Å².